The van der Waals surface area contributed by atoms with E-state index in [1.165, 1.54) is 11.3 Å². The fraction of sp³-hybridized carbons (Fsp3) is 0.167. The summed E-state index contributed by atoms with van der Waals surface area (Å²) >= 11 is 1.34. The van der Waals surface area contributed by atoms with E-state index in [1.54, 1.807) is 16.8 Å². The van der Waals surface area contributed by atoms with Crippen molar-refractivity contribution in [3.8, 4) is 0 Å². The van der Waals surface area contributed by atoms with Crippen LogP contribution < -0.4 is 5.73 Å². The number of alkyl halides is 3. The van der Waals surface area contributed by atoms with Gasteiger partial charge in [0.2, 0.25) is 0 Å². The SMILES string of the molecule is N[C@H](c1ccsc1)c1ccc(F)cc1C(F)(F)F. The summed E-state index contributed by atoms with van der Waals surface area (Å²) in [7, 11) is 0. The van der Waals surface area contributed by atoms with Crippen LogP contribution in [0.1, 0.15) is 22.7 Å². The molecule has 0 spiro atoms. The fourth-order valence-electron chi connectivity index (χ4n) is 1.68. The molecule has 1 aromatic carbocycles. The molecule has 1 nitrogen and oxygen atoms in total. The maximum absolute atomic E-state index is 12.9. The Balaban J connectivity index is 2.51. The van der Waals surface area contributed by atoms with Crippen molar-refractivity contribution in [1.82, 2.24) is 0 Å². The molecule has 0 bridgehead atoms. The highest BCUT2D eigenvalue weighted by atomic mass is 32.1. The van der Waals surface area contributed by atoms with E-state index in [1.807, 2.05) is 0 Å². The molecule has 1 heterocycles. The van der Waals surface area contributed by atoms with Gasteiger partial charge < -0.3 is 5.73 Å². The Kier molecular flexibility index (Phi) is 3.41. The van der Waals surface area contributed by atoms with Crippen molar-refractivity contribution in [2.45, 2.75) is 12.2 Å². The molecule has 0 unspecified atom stereocenters. The molecule has 18 heavy (non-hydrogen) atoms. The minimum Gasteiger partial charge on any atom is -0.320 e. The van der Waals surface area contributed by atoms with E-state index < -0.39 is 23.6 Å². The molecule has 96 valence electrons. The lowest BCUT2D eigenvalue weighted by Crippen LogP contribution is -2.18. The number of nitrogens with two attached hydrogens (primary N) is 1. The summed E-state index contributed by atoms with van der Waals surface area (Å²) in [5, 5.41) is 3.40. The van der Waals surface area contributed by atoms with Crippen molar-refractivity contribution in [2.24, 2.45) is 5.73 Å². The summed E-state index contributed by atoms with van der Waals surface area (Å²) in [5.41, 5.74) is 5.22. The fourth-order valence-corrected chi connectivity index (χ4v) is 2.37. The first-order valence-electron chi connectivity index (χ1n) is 5.04. The maximum Gasteiger partial charge on any atom is 0.416 e. The first-order chi connectivity index (χ1) is 8.39. The Morgan fingerprint density at radius 3 is 2.44 bits per heavy atom. The number of rotatable bonds is 2. The van der Waals surface area contributed by atoms with E-state index in [2.05, 4.69) is 0 Å². The van der Waals surface area contributed by atoms with Gasteiger partial charge in [-0.25, -0.2) is 4.39 Å². The molecule has 2 N–H and O–H groups in total. The van der Waals surface area contributed by atoms with E-state index in [0.29, 0.717) is 11.6 Å². The molecular weight excluding hydrogens is 266 g/mol. The molecule has 6 heteroatoms. The van der Waals surface area contributed by atoms with Crippen molar-refractivity contribution < 1.29 is 17.6 Å². The lowest BCUT2D eigenvalue weighted by atomic mass is 9.96. The Bertz CT molecular complexity index is 534. The minimum absolute atomic E-state index is 0.123. The molecule has 0 aliphatic rings. The average molecular weight is 275 g/mol. The topological polar surface area (TPSA) is 26.0 Å². The van der Waals surface area contributed by atoms with Crippen LogP contribution in [0.5, 0.6) is 0 Å². The van der Waals surface area contributed by atoms with Gasteiger partial charge >= 0.3 is 6.18 Å². The first kappa shape index (κ1) is 13.0. The molecule has 2 rings (SSSR count). The highest BCUT2D eigenvalue weighted by Gasteiger charge is 2.35. The van der Waals surface area contributed by atoms with Crippen LogP contribution >= 0.6 is 11.3 Å². The van der Waals surface area contributed by atoms with Crippen molar-refractivity contribution in [3.05, 3.63) is 57.5 Å². The highest BCUT2D eigenvalue weighted by molar-refractivity contribution is 7.08. The monoisotopic (exact) mass is 275 g/mol. The van der Waals surface area contributed by atoms with Gasteiger partial charge in [-0.15, -0.1) is 0 Å². The van der Waals surface area contributed by atoms with E-state index in [9.17, 15) is 17.6 Å². The average Bonchev–Trinajstić information content (AvgIpc) is 2.80. The zero-order chi connectivity index (χ0) is 13.3. The Morgan fingerprint density at radius 1 is 1.17 bits per heavy atom. The van der Waals surface area contributed by atoms with Crippen LogP contribution in [0.2, 0.25) is 0 Å². The predicted molar refractivity (Wildman–Crippen MR) is 61.8 cm³/mol. The molecule has 0 saturated carbocycles. The second kappa shape index (κ2) is 4.70. The Morgan fingerprint density at radius 2 is 1.89 bits per heavy atom. The molecule has 1 atom stereocenters. The van der Waals surface area contributed by atoms with Crippen LogP contribution in [-0.4, -0.2) is 0 Å². The summed E-state index contributed by atoms with van der Waals surface area (Å²) in [5.74, 6) is -0.927. The summed E-state index contributed by atoms with van der Waals surface area (Å²) in [6, 6.07) is 3.28. The zero-order valence-electron chi connectivity index (χ0n) is 9.04. The van der Waals surface area contributed by atoms with Crippen molar-refractivity contribution in [2.75, 3.05) is 0 Å². The quantitative estimate of drug-likeness (QED) is 0.825. The van der Waals surface area contributed by atoms with Gasteiger partial charge in [-0.2, -0.15) is 24.5 Å². The molecule has 0 saturated heterocycles. The van der Waals surface area contributed by atoms with E-state index in [4.69, 9.17) is 5.73 Å². The van der Waals surface area contributed by atoms with Gasteiger partial charge in [0, 0.05) is 0 Å². The number of benzene rings is 1. The van der Waals surface area contributed by atoms with Gasteiger partial charge in [0.15, 0.2) is 0 Å². The van der Waals surface area contributed by atoms with Gasteiger partial charge in [0.05, 0.1) is 11.6 Å². The lowest BCUT2D eigenvalue weighted by Gasteiger charge is -2.17. The number of hydrogen-bond acceptors (Lipinski definition) is 2. The Hall–Kier alpha value is -1.40. The van der Waals surface area contributed by atoms with Gasteiger partial charge in [-0.3, -0.25) is 0 Å². The first-order valence-corrected chi connectivity index (χ1v) is 5.98. The van der Waals surface area contributed by atoms with Crippen molar-refractivity contribution in [3.63, 3.8) is 0 Å². The molecule has 2 aromatic rings. The summed E-state index contributed by atoms with van der Waals surface area (Å²) in [6.45, 7) is 0. The lowest BCUT2D eigenvalue weighted by molar-refractivity contribution is -0.138. The van der Waals surface area contributed by atoms with Gasteiger partial charge in [0.1, 0.15) is 5.82 Å². The van der Waals surface area contributed by atoms with Gasteiger partial charge in [0.25, 0.3) is 0 Å². The third kappa shape index (κ3) is 2.54. The molecule has 0 amide bonds. The minimum atomic E-state index is -4.62. The van der Waals surface area contributed by atoms with Crippen molar-refractivity contribution in [1.29, 1.82) is 0 Å². The molecule has 0 radical (unpaired) electrons. The summed E-state index contributed by atoms with van der Waals surface area (Å²) < 4.78 is 51.4. The predicted octanol–water partition coefficient (Wildman–Crippen LogP) is 3.95. The third-order valence-corrected chi connectivity index (χ3v) is 3.26. The molecular formula is C12H9F4NS. The standard InChI is InChI=1S/C12H9F4NS/c13-8-1-2-9(10(5-8)12(14,15)16)11(17)7-3-4-18-6-7/h1-6,11H,17H2/t11-/m1/s1. The van der Waals surface area contributed by atoms with Crippen LogP contribution in [0.25, 0.3) is 0 Å². The number of halogens is 4. The van der Waals surface area contributed by atoms with Crippen molar-refractivity contribution >= 4 is 11.3 Å². The van der Waals surface area contributed by atoms with E-state index in [-0.39, 0.29) is 5.56 Å². The van der Waals surface area contributed by atoms with Crippen LogP contribution in [0, 0.1) is 5.82 Å². The second-order valence-corrected chi connectivity index (χ2v) is 4.54. The van der Waals surface area contributed by atoms with Gasteiger partial charge in [-0.05, 0) is 40.1 Å². The molecule has 0 fully saturated rings. The third-order valence-electron chi connectivity index (χ3n) is 2.56. The van der Waals surface area contributed by atoms with E-state index >= 15 is 0 Å². The van der Waals surface area contributed by atoms with Crippen LogP contribution in [0.3, 0.4) is 0 Å². The maximum atomic E-state index is 12.9. The van der Waals surface area contributed by atoms with Crippen LogP contribution in [0.4, 0.5) is 17.6 Å². The molecule has 0 aliphatic carbocycles. The normalized spacial score (nSPS) is 13.6. The van der Waals surface area contributed by atoms with Gasteiger partial charge in [-0.1, -0.05) is 6.07 Å². The number of hydrogen-bond donors (Lipinski definition) is 1. The second-order valence-electron chi connectivity index (χ2n) is 3.76. The van der Waals surface area contributed by atoms with Crippen LogP contribution in [-0.2, 0) is 6.18 Å². The highest BCUT2D eigenvalue weighted by Crippen LogP contribution is 2.36. The summed E-state index contributed by atoms with van der Waals surface area (Å²) in [4.78, 5) is 0. The van der Waals surface area contributed by atoms with Crippen LogP contribution in [0.15, 0.2) is 35.0 Å². The number of thiophene rings is 1. The molecule has 0 aliphatic heterocycles. The largest absolute Gasteiger partial charge is 0.416 e. The Labute approximate surface area is 105 Å². The van der Waals surface area contributed by atoms with E-state index in [0.717, 1.165) is 12.1 Å². The smallest absolute Gasteiger partial charge is 0.320 e. The summed E-state index contributed by atoms with van der Waals surface area (Å²) in [6.07, 6.45) is -4.62. The molecule has 1 aromatic heterocycles. The zero-order valence-corrected chi connectivity index (χ0v) is 9.86.